The van der Waals surface area contributed by atoms with Gasteiger partial charge in [0.2, 0.25) is 5.88 Å². The minimum atomic E-state index is -2.63. The summed E-state index contributed by atoms with van der Waals surface area (Å²) in [5.74, 6) is 0.0397. The van der Waals surface area contributed by atoms with E-state index in [2.05, 4.69) is 10.1 Å². The van der Waals surface area contributed by atoms with Crippen LogP contribution in [0.25, 0.3) is 21.8 Å². The fraction of sp³-hybridized carbons (Fsp3) is 0.192. The zero-order valence-electron chi connectivity index (χ0n) is 19.6. The van der Waals surface area contributed by atoms with Gasteiger partial charge in [-0.1, -0.05) is 0 Å². The molecular weight excluding hydrogens is 466 g/mol. The first kappa shape index (κ1) is 22.0. The molecule has 10 heteroatoms. The summed E-state index contributed by atoms with van der Waals surface area (Å²) in [6, 6.07) is 14.7. The van der Waals surface area contributed by atoms with Crippen LogP contribution in [-0.4, -0.2) is 38.4 Å². The Morgan fingerprint density at radius 1 is 1.03 bits per heavy atom. The van der Waals surface area contributed by atoms with E-state index in [0.29, 0.717) is 11.4 Å². The minimum Gasteiger partial charge on any atom is -0.472 e. The van der Waals surface area contributed by atoms with Gasteiger partial charge in [0.15, 0.2) is 6.61 Å². The van der Waals surface area contributed by atoms with Crippen molar-refractivity contribution in [3.05, 3.63) is 72.7 Å². The Balaban J connectivity index is 1.47. The number of pyridine rings is 1. The van der Waals surface area contributed by atoms with E-state index in [-0.39, 0.29) is 18.5 Å². The van der Waals surface area contributed by atoms with Crippen molar-refractivity contribution in [3.8, 4) is 5.88 Å². The lowest BCUT2D eigenvalue weighted by molar-refractivity contribution is 0.0796. The number of alkyl halides is 2. The van der Waals surface area contributed by atoms with Gasteiger partial charge in [-0.15, -0.1) is 0 Å². The van der Waals surface area contributed by atoms with Crippen LogP contribution in [0.5, 0.6) is 5.88 Å². The molecule has 0 saturated heterocycles. The molecule has 0 radical (unpaired) electrons. The smallest absolute Gasteiger partial charge is 0.333 e. The summed E-state index contributed by atoms with van der Waals surface area (Å²) in [6.07, 6.45) is 2.80. The number of carbonyl (C=O) groups is 1. The molecule has 0 spiro atoms. The number of ether oxygens (including phenoxy) is 1. The Labute approximate surface area is 204 Å². The van der Waals surface area contributed by atoms with Gasteiger partial charge in [-0.2, -0.15) is 5.10 Å². The number of carbonyl (C=O) groups excluding carboxylic acids is 1. The van der Waals surface area contributed by atoms with Crippen LogP contribution in [0.4, 0.5) is 30.6 Å². The molecule has 0 bridgehead atoms. The number of rotatable bonds is 5. The van der Waals surface area contributed by atoms with Gasteiger partial charge in [0.25, 0.3) is 6.43 Å². The molecule has 0 aliphatic carbocycles. The molecule has 0 unspecified atom stereocenters. The van der Waals surface area contributed by atoms with E-state index in [9.17, 15) is 13.6 Å². The highest BCUT2D eigenvalue weighted by atomic mass is 19.3. The third-order valence-corrected chi connectivity index (χ3v) is 6.33. The number of amides is 2. The fourth-order valence-corrected chi connectivity index (χ4v) is 4.64. The maximum Gasteiger partial charge on any atom is 0.333 e. The van der Waals surface area contributed by atoms with Crippen LogP contribution < -0.4 is 14.5 Å². The first-order valence-electron chi connectivity index (χ1n) is 11.4. The molecule has 182 valence electrons. The van der Waals surface area contributed by atoms with Crippen LogP contribution in [0.2, 0.25) is 0 Å². The SMILES string of the molecule is Cn1cc2cc(N3Cc4cnc(OCC(F)F)cc4N(c4ccc5c(ccn5C)c4)C3=O)ccc2n1. The summed E-state index contributed by atoms with van der Waals surface area (Å²) >= 11 is 0. The average molecular weight is 488 g/mol. The van der Waals surface area contributed by atoms with Crippen LogP contribution in [-0.2, 0) is 20.6 Å². The molecule has 2 amide bonds. The molecule has 1 aliphatic rings. The molecule has 8 nitrogen and oxygen atoms in total. The average Bonchev–Trinajstić information content (AvgIpc) is 3.42. The molecule has 3 aromatic heterocycles. The number of nitrogens with zero attached hydrogens (tertiary/aromatic N) is 6. The summed E-state index contributed by atoms with van der Waals surface area (Å²) in [5.41, 5.74) is 4.54. The van der Waals surface area contributed by atoms with Gasteiger partial charge in [-0.3, -0.25) is 14.5 Å². The van der Waals surface area contributed by atoms with Crippen molar-refractivity contribution in [3.63, 3.8) is 0 Å². The maximum atomic E-state index is 14.0. The molecule has 5 aromatic rings. The number of aryl methyl sites for hydroxylation is 2. The first-order chi connectivity index (χ1) is 17.4. The number of benzene rings is 2. The van der Waals surface area contributed by atoms with Crippen molar-refractivity contribution in [1.29, 1.82) is 0 Å². The number of urea groups is 1. The van der Waals surface area contributed by atoms with Crippen molar-refractivity contribution in [2.75, 3.05) is 16.4 Å². The van der Waals surface area contributed by atoms with Crippen molar-refractivity contribution >= 4 is 44.9 Å². The van der Waals surface area contributed by atoms with Gasteiger partial charge in [0, 0.05) is 66.3 Å². The van der Waals surface area contributed by atoms with Crippen LogP contribution >= 0.6 is 0 Å². The first-order valence-corrected chi connectivity index (χ1v) is 11.4. The quantitative estimate of drug-likeness (QED) is 0.333. The van der Waals surface area contributed by atoms with E-state index in [4.69, 9.17) is 4.74 Å². The van der Waals surface area contributed by atoms with E-state index >= 15 is 0 Å². The molecular formula is C26H22F2N6O2. The Bertz CT molecular complexity index is 1630. The lowest BCUT2D eigenvalue weighted by atomic mass is 10.1. The number of fused-ring (bicyclic) bond motifs is 3. The number of anilines is 3. The third kappa shape index (κ3) is 3.71. The van der Waals surface area contributed by atoms with Crippen molar-refractivity contribution in [2.45, 2.75) is 13.0 Å². The molecule has 0 N–H and O–H groups in total. The fourth-order valence-electron chi connectivity index (χ4n) is 4.64. The van der Waals surface area contributed by atoms with Crippen molar-refractivity contribution in [1.82, 2.24) is 19.3 Å². The third-order valence-electron chi connectivity index (χ3n) is 6.33. The van der Waals surface area contributed by atoms with Crippen LogP contribution in [0.1, 0.15) is 5.56 Å². The van der Waals surface area contributed by atoms with Gasteiger partial charge >= 0.3 is 6.03 Å². The van der Waals surface area contributed by atoms with Crippen molar-refractivity contribution < 1.29 is 18.3 Å². The molecule has 4 heterocycles. The lowest BCUT2D eigenvalue weighted by Crippen LogP contribution is -2.45. The number of hydrogen-bond acceptors (Lipinski definition) is 4. The lowest BCUT2D eigenvalue weighted by Gasteiger charge is -2.37. The van der Waals surface area contributed by atoms with E-state index < -0.39 is 13.0 Å². The van der Waals surface area contributed by atoms with Crippen molar-refractivity contribution in [2.24, 2.45) is 14.1 Å². The van der Waals surface area contributed by atoms with Gasteiger partial charge in [-0.05, 0) is 42.5 Å². The van der Waals surface area contributed by atoms with E-state index in [1.165, 1.54) is 0 Å². The van der Waals surface area contributed by atoms with Gasteiger partial charge in [0.1, 0.15) is 0 Å². The second-order valence-corrected chi connectivity index (χ2v) is 8.77. The molecule has 1 aliphatic heterocycles. The second-order valence-electron chi connectivity index (χ2n) is 8.77. The summed E-state index contributed by atoms with van der Waals surface area (Å²) < 4.78 is 34.4. The van der Waals surface area contributed by atoms with Gasteiger partial charge in [0.05, 0.1) is 23.4 Å². The van der Waals surface area contributed by atoms with Gasteiger partial charge < -0.3 is 9.30 Å². The monoisotopic (exact) mass is 488 g/mol. The highest BCUT2D eigenvalue weighted by Crippen LogP contribution is 2.39. The number of hydrogen-bond donors (Lipinski definition) is 0. The minimum absolute atomic E-state index is 0.0397. The van der Waals surface area contributed by atoms with Gasteiger partial charge in [-0.25, -0.2) is 18.6 Å². The Morgan fingerprint density at radius 2 is 1.83 bits per heavy atom. The highest BCUT2D eigenvalue weighted by molar-refractivity contribution is 6.12. The Hall–Kier alpha value is -4.47. The molecule has 2 aromatic carbocycles. The van der Waals surface area contributed by atoms with Crippen LogP contribution in [0.15, 0.2) is 67.1 Å². The predicted molar refractivity (Wildman–Crippen MR) is 133 cm³/mol. The van der Waals surface area contributed by atoms with Crippen LogP contribution in [0, 0.1) is 0 Å². The maximum absolute atomic E-state index is 14.0. The molecule has 0 fully saturated rings. The highest BCUT2D eigenvalue weighted by Gasteiger charge is 2.33. The van der Waals surface area contributed by atoms with E-state index in [1.54, 1.807) is 26.7 Å². The second kappa shape index (κ2) is 8.33. The molecule has 6 rings (SSSR count). The standard InChI is InChI=1S/C26H22F2N6O2/c1-31-8-7-16-9-20(4-6-22(16)31)34-23-11-25(36-15-24(27)28)29-12-18(23)14-33(26(34)35)19-3-5-21-17(10-19)13-32(2)30-21/h3-13,24H,14-15H2,1-2H3. The largest absolute Gasteiger partial charge is 0.472 e. The topological polar surface area (TPSA) is 68.4 Å². The molecule has 0 saturated carbocycles. The van der Waals surface area contributed by atoms with E-state index in [1.807, 2.05) is 73.5 Å². The normalized spacial score (nSPS) is 13.8. The Kier molecular flexibility index (Phi) is 5.10. The molecule has 0 atom stereocenters. The van der Waals surface area contributed by atoms with Crippen LogP contribution in [0.3, 0.4) is 0 Å². The number of halogens is 2. The zero-order chi connectivity index (χ0) is 25.0. The predicted octanol–water partition coefficient (Wildman–Crippen LogP) is 5.38. The summed E-state index contributed by atoms with van der Waals surface area (Å²) in [6.45, 7) is -0.501. The zero-order valence-corrected chi connectivity index (χ0v) is 19.6. The Morgan fingerprint density at radius 3 is 2.67 bits per heavy atom. The molecule has 36 heavy (non-hydrogen) atoms. The van der Waals surface area contributed by atoms with E-state index in [0.717, 1.165) is 33.1 Å². The summed E-state index contributed by atoms with van der Waals surface area (Å²) in [5, 5.41) is 6.30. The summed E-state index contributed by atoms with van der Waals surface area (Å²) in [7, 11) is 3.81. The number of aromatic nitrogens is 4. The summed E-state index contributed by atoms with van der Waals surface area (Å²) in [4.78, 5) is 21.5.